The standard InChI is InChI=1S/C12H17Cl2N/c1-3-6-9(4-2)15-12-10(13)7-5-8-11(12)14/h5,7-9,15H,3-4,6H2,1-2H3. The van der Waals surface area contributed by atoms with Gasteiger partial charge in [0.1, 0.15) is 0 Å². The third-order valence-electron chi connectivity index (χ3n) is 2.44. The molecule has 1 atom stereocenters. The average molecular weight is 246 g/mol. The third-order valence-corrected chi connectivity index (χ3v) is 3.07. The van der Waals surface area contributed by atoms with Crippen LogP contribution >= 0.6 is 23.2 Å². The molecule has 1 aromatic carbocycles. The molecule has 0 aliphatic rings. The molecule has 1 aromatic rings. The van der Waals surface area contributed by atoms with E-state index in [9.17, 15) is 0 Å². The lowest BCUT2D eigenvalue weighted by atomic mass is 10.1. The van der Waals surface area contributed by atoms with E-state index >= 15 is 0 Å². The minimum Gasteiger partial charge on any atom is -0.380 e. The van der Waals surface area contributed by atoms with Crippen molar-refractivity contribution >= 4 is 28.9 Å². The fourth-order valence-electron chi connectivity index (χ4n) is 1.57. The summed E-state index contributed by atoms with van der Waals surface area (Å²) in [5, 5.41) is 4.79. The Morgan fingerprint density at radius 3 is 2.27 bits per heavy atom. The fraction of sp³-hybridized carbons (Fsp3) is 0.500. The second-order valence-corrected chi connectivity index (χ2v) is 4.45. The number of hydrogen-bond donors (Lipinski definition) is 1. The van der Waals surface area contributed by atoms with Gasteiger partial charge < -0.3 is 5.32 Å². The highest BCUT2D eigenvalue weighted by Gasteiger charge is 2.10. The second kappa shape index (κ2) is 6.24. The molecule has 0 aromatic heterocycles. The molecule has 0 saturated heterocycles. The van der Waals surface area contributed by atoms with Crippen LogP contribution in [0.3, 0.4) is 0 Å². The van der Waals surface area contributed by atoms with Crippen LogP contribution < -0.4 is 5.32 Å². The van der Waals surface area contributed by atoms with Gasteiger partial charge in [-0.25, -0.2) is 0 Å². The van der Waals surface area contributed by atoms with Gasteiger partial charge in [-0.1, -0.05) is 49.5 Å². The van der Waals surface area contributed by atoms with Crippen molar-refractivity contribution in [2.75, 3.05) is 5.32 Å². The Balaban J connectivity index is 2.78. The van der Waals surface area contributed by atoms with Gasteiger partial charge in [-0.2, -0.15) is 0 Å². The van der Waals surface area contributed by atoms with Crippen LogP contribution in [0.5, 0.6) is 0 Å². The lowest BCUT2D eigenvalue weighted by Gasteiger charge is -2.19. The Bertz CT molecular complexity index is 292. The largest absolute Gasteiger partial charge is 0.380 e. The summed E-state index contributed by atoms with van der Waals surface area (Å²) in [4.78, 5) is 0. The summed E-state index contributed by atoms with van der Waals surface area (Å²) in [6.45, 7) is 4.34. The molecule has 1 rings (SSSR count). The summed E-state index contributed by atoms with van der Waals surface area (Å²) in [5.41, 5.74) is 0.862. The van der Waals surface area contributed by atoms with Crippen molar-refractivity contribution in [3.63, 3.8) is 0 Å². The highest BCUT2D eigenvalue weighted by Crippen LogP contribution is 2.31. The zero-order valence-electron chi connectivity index (χ0n) is 9.19. The van der Waals surface area contributed by atoms with Gasteiger partial charge in [-0.05, 0) is 25.0 Å². The topological polar surface area (TPSA) is 12.0 Å². The molecule has 0 saturated carbocycles. The van der Waals surface area contributed by atoms with Gasteiger partial charge in [0.2, 0.25) is 0 Å². The molecule has 15 heavy (non-hydrogen) atoms. The maximum atomic E-state index is 6.08. The van der Waals surface area contributed by atoms with Gasteiger partial charge >= 0.3 is 0 Å². The van der Waals surface area contributed by atoms with Crippen LogP contribution in [0.4, 0.5) is 5.69 Å². The number of anilines is 1. The maximum Gasteiger partial charge on any atom is 0.0721 e. The van der Waals surface area contributed by atoms with Crippen molar-refractivity contribution in [2.24, 2.45) is 0 Å². The predicted octanol–water partition coefficient (Wildman–Crippen LogP) is 4.98. The second-order valence-electron chi connectivity index (χ2n) is 3.63. The van der Waals surface area contributed by atoms with Crippen LogP contribution in [-0.2, 0) is 0 Å². The van der Waals surface area contributed by atoms with E-state index in [2.05, 4.69) is 19.2 Å². The molecule has 0 bridgehead atoms. The molecule has 0 radical (unpaired) electrons. The summed E-state index contributed by atoms with van der Waals surface area (Å²) >= 11 is 12.2. The van der Waals surface area contributed by atoms with Crippen LogP contribution in [0, 0.1) is 0 Å². The van der Waals surface area contributed by atoms with E-state index in [4.69, 9.17) is 23.2 Å². The molecule has 0 fully saturated rings. The predicted molar refractivity (Wildman–Crippen MR) is 69.1 cm³/mol. The molecule has 3 heteroatoms. The van der Waals surface area contributed by atoms with Crippen molar-refractivity contribution in [1.82, 2.24) is 0 Å². The first-order valence-corrected chi connectivity index (χ1v) is 6.15. The Morgan fingerprint density at radius 1 is 1.20 bits per heavy atom. The summed E-state index contributed by atoms with van der Waals surface area (Å²) in [6, 6.07) is 6.02. The summed E-state index contributed by atoms with van der Waals surface area (Å²) < 4.78 is 0. The fourth-order valence-corrected chi connectivity index (χ4v) is 2.07. The van der Waals surface area contributed by atoms with Crippen LogP contribution in [0.2, 0.25) is 10.0 Å². The summed E-state index contributed by atoms with van der Waals surface area (Å²) in [6.07, 6.45) is 3.38. The first kappa shape index (κ1) is 12.7. The van der Waals surface area contributed by atoms with Gasteiger partial charge in [0.15, 0.2) is 0 Å². The van der Waals surface area contributed by atoms with Gasteiger partial charge in [0.05, 0.1) is 15.7 Å². The van der Waals surface area contributed by atoms with Crippen LogP contribution in [-0.4, -0.2) is 6.04 Å². The van der Waals surface area contributed by atoms with Gasteiger partial charge in [0, 0.05) is 6.04 Å². The van der Waals surface area contributed by atoms with Gasteiger partial charge in [-0.3, -0.25) is 0 Å². The Labute approximate surface area is 102 Å². The molecule has 0 aliphatic carbocycles. The molecule has 0 amide bonds. The van der Waals surface area contributed by atoms with Crippen molar-refractivity contribution in [1.29, 1.82) is 0 Å². The zero-order valence-corrected chi connectivity index (χ0v) is 10.7. The SMILES string of the molecule is CCCC(CC)Nc1c(Cl)cccc1Cl. The van der Waals surface area contributed by atoms with Crippen LogP contribution in [0.15, 0.2) is 18.2 Å². The number of nitrogens with one attached hydrogen (secondary N) is 1. The number of halogens is 2. The van der Waals surface area contributed by atoms with Gasteiger partial charge in [-0.15, -0.1) is 0 Å². The molecule has 0 heterocycles. The molecular formula is C12H17Cl2N. The van der Waals surface area contributed by atoms with E-state index in [-0.39, 0.29) is 0 Å². The normalized spacial score (nSPS) is 12.5. The Hall–Kier alpha value is -0.400. The average Bonchev–Trinajstić information content (AvgIpc) is 2.22. The molecule has 0 spiro atoms. The molecule has 1 N–H and O–H groups in total. The molecular weight excluding hydrogens is 229 g/mol. The maximum absolute atomic E-state index is 6.08. The zero-order chi connectivity index (χ0) is 11.3. The number of hydrogen-bond acceptors (Lipinski definition) is 1. The summed E-state index contributed by atoms with van der Waals surface area (Å²) in [7, 11) is 0. The molecule has 0 aliphatic heterocycles. The highest BCUT2D eigenvalue weighted by atomic mass is 35.5. The minimum absolute atomic E-state index is 0.451. The molecule has 1 nitrogen and oxygen atoms in total. The molecule has 1 unspecified atom stereocenters. The van der Waals surface area contributed by atoms with Crippen molar-refractivity contribution in [2.45, 2.75) is 39.2 Å². The Morgan fingerprint density at radius 2 is 1.80 bits per heavy atom. The van der Waals surface area contributed by atoms with Crippen molar-refractivity contribution in [3.8, 4) is 0 Å². The minimum atomic E-state index is 0.451. The first-order chi connectivity index (χ1) is 7.19. The van der Waals surface area contributed by atoms with Gasteiger partial charge in [0.25, 0.3) is 0 Å². The van der Waals surface area contributed by atoms with E-state index in [0.29, 0.717) is 16.1 Å². The van der Waals surface area contributed by atoms with Crippen LogP contribution in [0.1, 0.15) is 33.1 Å². The number of para-hydroxylation sites is 1. The monoisotopic (exact) mass is 245 g/mol. The van der Waals surface area contributed by atoms with E-state index in [1.54, 1.807) is 0 Å². The van der Waals surface area contributed by atoms with Crippen LogP contribution in [0.25, 0.3) is 0 Å². The van der Waals surface area contributed by atoms with Crippen molar-refractivity contribution in [3.05, 3.63) is 28.2 Å². The summed E-state index contributed by atoms with van der Waals surface area (Å²) in [5.74, 6) is 0. The number of rotatable bonds is 5. The van der Waals surface area contributed by atoms with E-state index in [1.165, 1.54) is 0 Å². The van der Waals surface area contributed by atoms with E-state index in [1.807, 2.05) is 18.2 Å². The Kier molecular flexibility index (Phi) is 5.27. The molecule has 84 valence electrons. The quantitative estimate of drug-likeness (QED) is 0.772. The smallest absolute Gasteiger partial charge is 0.0721 e. The number of benzene rings is 1. The van der Waals surface area contributed by atoms with Crippen molar-refractivity contribution < 1.29 is 0 Å². The highest BCUT2D eigenvalue weighted by molar-refractivity contribution is 6.39. The lowest BCUT2D eigenvalue weighted by Crippen LogP contribution is -2.18. The van der Waals surface area contributed by atoms with E-state index in [0.717, 1.165) is 24.9 Å². The first-order valence-electron chi connectivity index (χ1n) is 5.39. The third kappa shape index (κ3) is 3.58. The van der Waals surface area contributed by atoms with E-state index < -0.39 is 0 Å². The lowest BCUT2D eigenvalue weighted by molar-refractivity contribution is 0.623.